The number of anilines is 1. The fourth-order valence-electron chi connectivity index (χ4n) is 4.61. The van der Waals surface area contributed by atoms with Gasteiger partial charge in [0.1, 0.15) is 5.00 Å². The van der Waals surface area contributed by atoms with Gasteiger partial charge >= 0.3 is 6.09 Å². The molecule has 3 heterocycles. The number of nitrogens with zero attached hydrogens (tertiary/aromatic N) is 4. The molecular weight excluding hydrogens is 582 g/mol. The molecule has 3 aromatic rings. The van der Waals surface area contributed by atoms with Gasteiger partial charge in [0.05, 0.1) is 29.3 Å². The van der Waals surface area contributed by atoms with Crippen LogP contribution in [0.4, 0.5) is 9.80 Å². The number of aromatic nitrogens is 2. The Hall–Kier alpha value is -4.21. The van der Waals surface area contributed by atoms with E-state index in [2.05, 4.69) is 10.4 Å². The first-order valence-electron chi connectivity index (χ1n) is 13.0. The number of nitrogens with one attached hydrogen (secondary N) is 3. The number of amides is 2. The molecule has 0 radical (unpaired) electrons. The van der Waals surface area contributed by atoms with E-state index in [1.807, 2.05) is 0 Å². The predicted octanol–water partition coefficient (Wildman–Crippen LogP) is 3.31. The molecule has 0 saturated carbocycles. The van der Waals surface area contributed by atoms with E-state index in [0.717, 1.165) is 27.2 Å². The molecule has 42 heavy (non-hydrogen) atoms. The predicted molar refractivity (Wildman–Crippen MR) is 158 cm³/mol. The highest BCUT2D eigenvalue weighted by Gasteiger charge is 2.32. The first-order valence-corrected chi connectivity index (χ1v) is 15.3. The summed E-state index contributed by atoms with van der Waals surface area (Å²) in [4.78, 5) is 41.6. The van der Waals surface area contributed by atoms with Crippen LogP contribution in [-0.2, 0) is 27.7 Å². The van der Waals surface area contributed by atoms with Gasteiger partial charge in [-0.15, -0.1) is 11.3 Å². The minimum atomic E-state index is -3.99. The van der Waals surface area contributed by atoms with Crippen LogP contribution in [0.15, 0.2) is 35.2 Å². The summed E-state index contributed by atoms with van der Waals surface area (Å²) in [5.74, 6) is -0.963. The van der Waals surface area contributed by atoms with Crippen LogP contribution >= 0.6 is 11.3 Å². The number of thiophene rings is 1. The molecule has 0 atom stereocenters. The van der Waals surface area contributed by atoms with E-state index >= 15 is 0 Å². The van der Waals surface area contributed by atoms with Crippen LogP contribution in [0.1, 0.15) is 49.5 Å². The third-order valence-corrected chi connectivity index (χ3v) is 9.55. The van der Waals surface area contributed by atoms with Crippen molar-refractivity contribution in [3.8, 4) is 0 Å². The van der Waals surface area contributed by atoms with Crippen molar-refractivity contribution < 1.29 is 27.5 Å². The van der Waals surface area contributed by atoms with Crippen molar-refractivity contribution in [1.82, 2.24) is 19.0 Å². The van der Waals surface area contributed by atoms with Crippen LogP contribution in [0.3, 0.4) is 0 Å². The smallest absolute Gasteiger partial charge is 0.410 e. The van der Waals surface area contributed by atoms with Gasteiger partial charge in [0.2, 0.25) is 10.0 Å². The number of hydrogen-bond donors (Lipinski definition) is 3. The number of aryl methyl sites for hydroxylation is 2. The topological polar surface area (TPSA) is 179 Å². The van der Waals surface area contributed by atoms with Crippen molar-refractivity contribution in [1.29, 1.82) is 10.8 Å². The summed E-state index contributed by atoms with van der Waals surface area (Å²) in [6, 6.07) is 7.05. The van der Waals surface area contributed by atoms with Crippen LogP contribution in [0.2, 0.25) is 0 Å². The number of carbonyl (C=O) groups is 3. The first-order chi connectivity index (χ1) is 20.0. The van der Waals surface area contributed by atoms with Gasteiger partial charge < -0.3 is 25.8 Å². The fraction of sp³-hybridized carbons (Fsp3) is 0.333. The summed E-state index contributed by atoms with van der Waals surface area (Å²) in [7, 11) is -3.99. The Morgan fingerprint density at radius 2 is 1.81 bits per heavy atom. The number of sulfonamides is 1. The van der Waals surface area contributed by atoms with E-state index in [-0.39, 0.29) is 36.7 Å². The van der Waals surface area contributed by atoms with Crippen molar-refractivity contribution in [3.05, 3.63) is 63.3 Å². The minimum Gasteiger partial charge on any atom is -0.450 e. The number of hydrogen-bond acceptors (Lipinski definition) is 10. The normalized spacial score (nSPS) is 13.0. The highest BCUT2D eigenvalue weighted by Crippen LogP contribution is 2.38. The molecular formula is C27H31N7O6S2. The van der Waals surface area contributed by atoms with Gasteiger partial charge in [-0.1, -0.05) is 0 Å². The van der Waals surface area contributed by atoms with Crippen molar-refractivity contribution in [3.63, 3.8) is 0 Å². The molecule has 2 aromatic heterocycles. The summed E-state index contributed by atoms with van der Waals surface area (Å²) in [5.41, 5.74) is 2.48. The fourth-order valence-corrected chi connectivity index (χ4v) is 7.18. The third-order valence-electron chi connectivity index (χ3n) is 6.57. The molecule has 1 aliphatic rings. The van der Waals surface area contributed by atoms with Gasteiger partial charge in [-0.3, -0.25) is 9.59 Å². The van der Waals surface area contributed by atoms with E-state index in [4.69, 9.17) is 15.6 Å². The molecule has 3 N–H and O–H groups in total. The maximum absolute atomic E-state index is 13.7. The highest BCUT2D eigenvalue weighted by atomic mass is 32.2. The molecule has 1 aliphatic heterocycles. The van der Waals surface area contributed by atoms with Crippen molar-refractivity contribution >= 4 is 56.7 Å². The third kappa shape index (κ3) is 6.17. The minimum absolute atomic E-state index is 0.0891. The Balaban J connectivity index is 1.66. The van der Waals surface area contributed by atoms with Crippen LogP contribution in [0, 0.1) is 24.7 Å². The SMILES string of the molecule is CCOC(=O)N1CCc2c(sc(NC(=O)c3ccc(S(=O)(=O)N(CC=N)CC=N)cc3)c2C(=O)n2nc(C)cc2C)C1. The second-order valence-corrected chi connectivity index (χ2v) is 12.5. The van der Waals surface area contributed by atoms with E-state index < -0.39 is 27.9 Å². The standard InChI is InChI=1S/C27H31N7O6S2/c1-4-40-27(37)32-12-9-21-22(16-32)41-25(23(21)26(36)34-18(3)15-17(2)31-34)30-24(35)19-5-7-20(8-6-19)42(38,39)33(13-10-28)14-11-29/h5-8,10-11,15,28-29H,4,9,12-14,16H2,1-3H3,(H,30,35). The Morgan fingerprint density at radius 3 is 2.38 bits per heavy atom. The van der Waals surface area contributed by atoms with Crippen LogP contribution in [-0.4, -0.2) is 84.0 Å². The first kappa shape index (κ1) is 30.7. The zero-order valence-corrected chi connectivity index (χ0v) is 25.0. The summed E-state index contributed by atoms with van der Waals surface area (Å²) in [6.45, 7) is 5.68. The average molecular weight is 614 g/mol. The van der Waals surface area contributed by atoms with Crippen molar-refractivity contribution in [2.75, 3.05) is 31.6 Å². The lowest BCUT2D eigenvalue weighted by molar-refractivity contribution is 0.0941. The lowest BCUT2D eigenvalue weighted by Crippen LogP contribution is -2.36. The zero-order valence-electron chi connectivity index (χ0n) is 23.3. The average Bonchev–Trinajstić information content (AvgIpc) is 3.50. The largest absolute Gasteiger partial charge is 0.450 e. The van der Waals surface area contributed by atoms with Gasteiger partial charge in [0.25, 0.3) is 11.8 Å². The van der Waals surface area contributed by atoms with Crippen LogP contribution < -0.4 is 5.32 Å². The van der Waals surface area contributed by atoms with Gasteiger partial charge in [-0.25, -0.2) is 17.9 Å². The van der Waals surface area contributed by atoms with Crippen molar-refractivity contribution in [2.24, 2.45) is 0 Å². The molecule has 13 nitrogen and oxygen atoms in total. The molecule has 0 fully saturated rings. The van der Waals surface area contributed by atoms with Gasteiger partial charge in [-0.2, -0.15) is 9.40 Å². The number of fused-ring (bicyclic) bond motifs is 1. The molecule has 0 saturated heterocycles. The van der Waals surface area contributed by atoms with Gasteiger partial charge in [0.15, 0.2) is 0 Å². The molecule has 15 heteroatoms. The molecule has 2 amide bonds. The Bertz CT molecular complexity index is 1630. The molecule has 0 spiro atoms. The Morgan fingerprint density at radius 1 is 1.14 bits per heavy atom. The molecule has 0 bridgehead atoms. The number of rotatable bonds is 10. The maximum Gasteiger partial charge on any atom is 0.410 e. The van der Waals surface area contributed by atoms with E-state index in [9.17, 15) is 22.8 Å². The number of ether oxygens (including phenoxy) is 1. The van der Waals surface area contributed by atoms with Gasteiger partial charge in [0, 0.05) is 48.2 Å². The molecule has 222 valence electrons. The number of benzene rings is 1. The molecule has 1 aromatic carbocycles. The Kier molecular flexibility index (Phi) is 9.33. The Labute approximate surface area is 247 Å². The van der Waals surface area contributed by atoms with Gasteiger partial charge in [-0.05, 0) is 63.1 Å². The molecule has 0 aliphatic carbocycles. The van der Waals surface area contributed by atoms with E-state index in [1.54, 1.807) is 31.7 Å². The lowest BCUT2D eigenvalue weighted by Gasteiger charge is -2.26. The summed E-state index contributed by atoms with van der Waals surface area (Å²) < 4.78 is 33.3. The summed E-state index contributed by atoms with van der Waals surface area (Å²) in [6.07, 6.45) is 1.79. The maximum atomic E-state index is 13.7. The van der Waals surface area contributed by atoms with E-state index in [0.29, 0.717) is 34.9 Å². The van der Waals surface area contributed by atoms with Crippen LogP contribution in [0.5, 0.6) is 0 Å². The second kappa shape index (κ2) is 12.8. The summed E-state index contributed by atoms with van der Waals surface area (Å²) >= 11 is 1.19. The number of carbonyl (C=O) groups excluding carboxylic acids is 3. The lowest BCUT2D eigenvalue weighted by atomic mass is 10.0. The monoisotopic (exact) mass is 613 g/mol. The van der Waals surface area contributed by atoms with Crippen molar-refractivity contribution in [2.45, 2.75) is 38.6 Å². The quantitative estimate of drug-likeness (QED) is 0.294. The molecule has 4 rings (SSSR count). The highest BCUT2D eigenvalue weighted by molar-refractivity contribution is 7.89. The molecule has 0 unspecified atom stereocenters. The summed E-state index contributed by atoms with van der Waals surface area (Å²) in [5, 5.41) is 21.9. The second-order valence-electron chi connectivity index (χ2n) is 9.43. The zero-order chi connectivity index (χ0) is 30.6. The van der Waals surface area contributed by atoms with E-state index in [1.165, 1.54) is 40.3 Å². The van der Waals surface area contributed by atoms with Crippen LogP contribution in [0.25, 0.3) is 0 Å².